The van der Waals surface area contributed by atoms with Crippen LogP contribution in [0.3, 0.4) is 0 Å². The first-order valence-corrected chi connectivity index (χ1v) is 13.4. The molecule has 34 heavy (non-hydrogen) atoms. The summed E-state index contributed by atoms with van der Waals surface area (Å²) < 4.78 is 0. The Morgan fingerprint density at radius 2 is 1.03 bits per heavy atom. The van der Waals surface area contributed by atoms with Gasteiger partial charge in [-0.05, 0) is 85.9 Å². The number of hydrogen-bond acceptors (Lipinski definition) is 4. The van der Waals surface area contributed by atoms with Gasteiger partial charge in [-0.25, -0.2) is 0 Å². The van der Waals surface area contributed by atoms with Crippen molar-refractivity contribution in [1.82, 2.24) is 10.6 Å². The number of nitrogens with one attached hydrogen (secondary N) is 2. The first-order chi connectivity index (χ1) is 15.8. The summed E-state index contributed by atoms with van der Waals surface area (Å²) in [7, 11) is 0. The number of nitrogens with zero attached hydrogens (tertiary/aromatic N) is 2. The standard InChI is InChI=1S/C28H46N4O2/c1-25(2)11-21(13-27(5,15-25)17-29-23(33)19-7-8-19)31-32-22-12-26(3,4)16-28(6,14-22)18-30-24(34)20-9-10-20/h19-20H,7-18H2,1-6H3,(H,29,33)(H,30,34)/b31-21-,32-22+. The molecule has 4 aliphatic rings. The van der Waals surface area contributed by atoms with Crippen LogP contribution in [0.25, 0.3) is 0 Å². The van der Waals surface area contributed by atoms with Crippen LogP contribution in [0.5, 0.6) is 0 Å². The lowest BCUT2D eigenvalue weighted by atomic mass is 9.63. The van der Waals surface area contributed by atoms with Crippen LogP contribution in [-0.4, -0.2) is 36.3 Å². The highest BCUT2D eigenvalue weighted by Gasteiger charge is 2.42. The SMILES string of the molecule is CC1(C)C/C(=N/N=C2\CC(C)(C)CC(C)(CNC(=O)C3CC3)C2)CC(C)(CNC(=O)C2CC2)C1. The molecular formula is C28H46N4O2. The molecule has 4 fully saturated rings. The normalized spacial score (nSPS) is 35.2. The van der Waals surface area contributed by atoms with Crippen LogP contribution in [0.4, 0.5) is 0 Å². The van der Waals surface area contributed by atoms with E-state index in [-0.39, 0.29) is 45.3 Å². The van der Waals surface area contributed by atoms with E-state index in [0.29, 0.717) is 13.1 Å². The third kappa shape index (κ3) is 6.91. The molecule has 2 amide bonds. The fraction of sp³-hybridized carbons (Fsp3) is 0.857. The molecule has 0 bridgehead atoms. The van der Waals surface area contributed by atoms with Crippen LogP contribution < -0.4 is 10.6 Å². The van der Waals surface area contributed by atoms with Gasteiger partial charge in [0.05, 0.1) is 0 Å². The summed E-state index contributed by atoms with van der Waals surface area (Å²) in [4.78, 5) is 24.5. The second kappa shape index (κ2) is 9.05. The summed E-state index contributed by atoms with van der Waals surface area (Å²) in [5.74, 6) is 0.942. The molecule has 2 unspecified atom stereocenters. The Morgan fingerprint density at radius 3 is 1.35 bits per heavy atom. The van der Waals surface area contributed by atoms with E-state index < -0.39 is 0 Å². The van der Waals surface area contributed by atoms with Gasteiger partial charge in [-0.1, -0.05) is 41.5 Å². The Bertz CT molecular complexity index is 809. The molecule has 4 aliphatic carbocycles. The smallest absolute Gasteiger partial charge is 0.223 e. The van der Waals surface area contributed by atoms with Crippen LogP contribution >= 0.6 is 0 Å². The average Bonchev–Trinajstić information content (AvgIpc) is 3.58. The van der Waals surface area contributed by atoms with Gasteiger partial charge in [-0.3, -0.25) is 9.59 Å². The maximum absolute atomic E-state index is 12.2. The molecule has 0 aromatic carbocycles. The van der Waals surface area contributed by atoms with Crippen molar-refractivity contribution in [2.75, 3.05) is 13.1 Å². The number of carbonyl (C=O) groups is 2. The molecule has 190 valence electrons. The predicted molar refractivity (Wildman–Crippen MR) is 138 cm³/mol. The van der Waals surface area contributed by atoms with E-state index in [1.807, 2.05) is 0 Å². The zero-order valence-corrected chi connectivity index (χ0v) is 22.4. The van der Waals surface area contributed by atoms with E-state index in [1.165, 1.54) is 0 Å². The lowest BCUT2D eigenvalue weighted by Crippen LogP contribution is -2.44. The molecule has 0 heterocycles. The van der Waals surface area contributed by atoms with Crippen molar-refractivity contribution in [3.8, 4) is 0 Å². The monoisotopic (exact) mass is 470 g/mol. The molecule has 6 heteroatoms. The summed E-state index contributed by atoms with van der Waals surface area (Å²) >= 11 is 0. The molecular weight excluding hydrogens is 424 g/mol. The van der Waals surface area contributed by atoms with Gasteiger partial charge in [-0.2, -0.15) is 10.2 Å². The lowest BCUT2D eigenvalue weighted by Gasteiger charge is -2.44. The fourth-order valence-corrected chi connectivity index (χ4v) is 6.89. The van der Waals surface area contributed by atoms with Gasteiger partial charge in [-0.15, -0.1) is 0 Å². The van der Waals surface area contributed by atoms with Gasteiger partial charge < -0.3 is 10.6 Å². The topological polar surface area (TPSA) is 82.9 Å². The second-order valence-corrected chi connectivity index (χ2v) is 14.3. The molecule has 0 aromatic rings. The van der Waals surface area contributed by atoms with Crippen molar-refractivity contribution < 1.29 is 9.59 Å². The minimum atomic E-state index is 0.0127. The zero-order valence-electron chi connectivity index (χ0n) is 22.4. The maximum Gasteiger partial charge on any atom is 0.223 e. The van der Waals surface area contributed by atoms with Gasteiger partial charge in [0.15, 0.2) is 0 Å². The molecule has 2 atom stereocenters. The molecule has 0 spiro atoms. The van der Waals surface area contributed by atoms with E-state index >= 15 is 0 Å². The Balaban J connectivity index is 1.43. The third-order valence-electron chi connectivity index (χ3n) is 8.05. The van der Waals surface area contributed by atoms with E-state index in [4.69, 9.17) is 10.2 Å². The minimum absolute atomic E-state index is 0.0127. The van der Waals surface area contributed by atoms with Crippen LogP contribution in [0.15, 0.2) is 10.2 Å². The first kappa shape index (κ1) is 25.4. The van der Waals surface area contributed by atoms with Crippen LogP contribution in [-0.2, 0) is 9.59 Å². The molecule has 2 N–H and O–H groups in total. The van der Waals surface area contributed by atoms with E-state index in [1.54, 1.807) is 0 Å². The van der Waals surface area contributed by atoms with Crippen molar-refractivity contribution in [3.63, 3.8) is 0 Å². The van der Waals surface area contributed by atoms with Crippen molar-refractivity contribution in [2.24, 2.45) is 43.7 Å². The minimum Gasteiger partial charge on any atom is -0.355 e. The summed E-state index contributed by atoms with van der Waals surface area (Å²) in [6.45, 7) is 15.2. The molecule has 4 rings (SSSR count). The van der Waals surface area contributed by atoms with Crippen molar-refractivity contribution >= 4 is 23.2 Å². The number of rotatable bonds is 7. The summed E-state index contributed by atoms with van der Waals surface area (Å²) in [5, 5.41) is 16.1. The van der Waals surface area contributed by atoms with E-state index in [2.05, 4.69) is 52.2 Å². The Morgan fingerprint density at radius 1 is 0.676 bits per heavy atom. The third-order valence-corrected chi connectivity index (χ3v) is 8.05. The predicted octanol–water partition coefficient (Wildman–Crippen LogP) is 5.27. The summed E-state index contributed by atoms with van der Waals surface area (Å²) in [6, 6.07) is 0. The highest BCUT2D eigenvalue weighted by molar-refractivity contribution is 5.90. The molecule has 6 nitrogen and oxygen atoms in total. The quantitative estimate of drug-likeness (QED) is 0.497. The lowest BCUT2D eigenvalue weighted by molar-refractivity contribution is -0.123. The first-order valence-electron chi connectivity index (χ1n) is 13.4. The van der Waals surface area contributed by atoms with Gasteiger partial charge in [0, 0.05) is 36.3 Å². The molecule has 4 saturated carbocycles. The summed E-state index contributed by atoms with van der Waals surface area (Å²) in [6.07, 6.45) is 9.98. The zero-order chi connectivity index (χ0) is 24.8. The highest BCUT2D eigenvalue weighted by atomic mass is 16.2. The Labute approximate surface area is 206 Å². The highest BCUT2D eigenvalue weighted by Crippen LogP contribution is 2.46. The molecule has 0 saturated heterocycles. The van der Waals surface area contributed by atoms with Crippen LogP contribution in [0.1, 0.15) is 106 Å². The Hall–Kier alpha value is -1.72. The molecule has 0 radical (unpaired) electrons. The van der Waals surface area contributed by atoms with Gasteiger partial charge >= 0.3 is 0 Å². The maximum atomic E-state index is 12.2. The van der Waals surface area contributed by atoms with Crippen molar-refractivity contribution in [2.45, 2.75) is 106 Å². The summed E-state index contributed by atoms with van der Waals surface area (Å²) in [5.41, 5.74) is 2.61. The van der Waals surface area contributed by atoms with Gasteiger partial charge in [0.2, 0.25) is 11.8 Å². The van der Waals surface area contributed by atoms with Crippen molar-refractivity contribution in [1.29, 1.82) is 0 Å². The second-order valence-electron chi connectivity index (χ2n) is 14.3. The van der Waals surface area contributed by atoms with E-state index in [9.17, 15) is 9.59 Å². The molecule has 0 aliphatic heterocycles. The fourth-order valence-electron chi connectivity index (χ4n) is 6.89. The van der Waals surface area contributed by atoms with E-state index in [0.717, 1.165) is 75.6 Å². The largest absolute Gasteiger partial charge is 0.355 e. The van der Waals surface area contributed by atoms with Gasteiger partial charge in [0.25, 0.3) is 0 Å². The van der Waals surface area contributed by atoms with Gasteiger partial charge in [0.1, 0.15) is 0 Å². The van der Waals surface area contributed by atoms with Crippen LogP contribution in [0.2, 0.25) is 0 Å². The average molecular weight is 471 g/mol. The number of hydrogen-bond donors (Lipinski definition) is 2. The van der Waals surface area contributed by atoms with Crippen LogP contribution in [0, 0.1) is 33.5 Å². The molecule has 0 aromatic heterocycles. The number of carbonyl (C=O) groups excluding carboxylic acids is 2. The number of amides is 2. The Kier molecular flexibility index (Phi) is 6.76. The van der Waals surface area contributed by atoms with Crippen molar-refractivity contribution in [3.05, 3.63) is 0 Å².